The zero-order valence-electron chi connectivity index (χ0n) is 11.5. The molecule has 1 aromatic rings. The molecule has 0 bridgehead atoms. The molecular weight excluding hydrogens is 226 g/mol. The van der Waals surface area contributed by atoms with Crippen molar-refractivity contribution < 1.29 is 0 Å². The summed E-state index contributed by atoms with van der Waals surface area (Å²) >= 11 is 1.84. The standard InChI is InChI=1S/C15H25NS/c1-5-12(6-2)11-14(16-3)13-9-7-8-10-15(13)17-4/h7-10,12,14,16H,5-6,11H2,1-4H3. The van der Waals surface area contributed by atoms with Gasteiger partial charge in [0, 0.05) is 10.9 Å². The summed E-state index contributed by atoms with van der Waals surface area (Å²) in [5, 5.41) is 3.48. The van der Waals surface area contributed by atoms with Crippen LogP contribution in [0.4, 0.5) is 0 Å². The van der Waals surface area contributed by atoms with Crippen molar-refractivity contribution in [3.05, 3.63) is 29.8 Å². The smallest absolute Gasteiger partial charge is 0.0331 e. The fourth-order valence-electron chi connectivity index (χ4n) is 2.31. The molecule has 0 fully saturated rings. The van der Waals surface area contributed by atoms with Crippen LogP contribution >= 0.6 is 11.8 Å². The van der Waals surface area contributed by atoms with E-state index >= 15 is 0 Å². The molecular formula is C15H25NS. The molecule has 1 aromatic carbocycles. The van der Waals surface area contributed by atoms with Gasteiger partial charge in [0.05, 0.1) is 0 Å². The van der Waals surface area contributed by atoms with Crippen LogP contribution in [0.15, 0.2) is 29.2 Å². The van der Waals surface area contributed by atoms with E-state index < -0.39 is 0 Å². The van der Waals surface area contributed by atoms with Crippen molar-refractivity contribution in [1.82, 2.24) is 5.32 Å². The zero-order valence-corrected chi connectivity index (χ0v) is 12.3. The fraction of sp³-hybridized carbons (Fsp3) is 0.600. The van der Waals surface area contributed by atoms with E-state index in [-0.39, 0.29) is 0 Å². The largest absolute Gasteiger partial charge is 0.313 e. The Labute approximate surface area is 110 Å². The fourth-order valence-corrected chi connectivity index (χ4v) is 2.97. The SMILES string of the molecule is CCC(CC)CC(NC)c1ccccc1SC. The topological polar surface area (TPSA) is 12.0 Å². The van der Waals surface area contributed by atoms with Crippen molar-refractivity contribution in [2.75, 3.05) is 13.3 Å². The molecule has 0 amide bonds. The van der Waals surface area contributed by atoms with Crippen molar-refractivity contribution in [2.24, 2.45) is 5.92 Å². The first-order chi connectivity index (χ1) is 8.26. The number of rotatable bonds is 7. The Balaban J connectivity index is 2.85. The number of hydrogen-bond acceptors (Lipinski definition) is 2. The predicted molar refractivity (Wildman–Crippen MR) is 78.7 cm³/mol. The molecule has 1 atom stereocenters. The summed E-state index contributed by atoms with van der Waals surface area (Å²) in [7, 11) is 2.07. The number of nitrogens with one attached hydrogen (secondary N) is 1. The van der Waals surface area contributed by atoms with Crippen molar-refractivity contribution in [3.8, 4) is 0 Å². The second-order valence-corrected chi connectivity index (χ2v) is 5.35. The third kappa shape index (κ3) is 4.04. The molecule has 0 saturated heterocycles. The minimum absolute atomic E-state index is 0.489. The second kappa shape index (κ2) is 7.78. The lowest BCUT2D eigenvalue weighted by molar-refractivity contribution is 0.383. The first-order valence-electron chi connectivity index (χ1n) is 6.56. The molecule has 0 aliphatic heterocycles. The van der Waals surface area contributed by atoms with Crippen LogP contribution in [0.5, 0.6) is 0 Å². The van der Waals surface area contributed by atoms with E-state index in [0.717, 1.165) is 5.92 Å². The third-order valence-electron chi connectivity index (χ3n) is 3.59. The lowest BCUT2D eigenvalue weighted by Gasteiger charge is -2.23. The first kappa shape index (κ1) is 14.6. The molecule has 1 N–H and O–H groups in total. The molecule has 0 heterocycles. The summed E-state index contributed by atoms with van der Waals surface area (Å²) in [6.45, 7) is 4.59. The average molecular weight is 251 g/mol. The highest BCUT2D eigenvalue weighted by Crippen LogP contribution is 2.31. The molecule has 0 spiro atoms. The highest BCUT2D eigenvalue weighted by molar-refractivity contribution is 7.98. The Morgan fingerprint density at radius 2 is 1.82 bits per heavy atom. The van der Waals surface area contributed by atoms with Crippen LogP contribution in [0.25, 0.3) is 0 Å². The molecule has 0 aromatic heterocycles. The maximum Gasteiger partial charge on any atom is 0.0331 e. The molecule has 17 heavy (non-hydrogen) atoms. The lowest BCUT2D eigenvalue weighted by atomic mass is 9.91. The van der Waals surface area contributed by atoms with Gasteiger partial charge >= 0.3 is 0 Å². The van der Waals surface area contributed by atoms with Gasteiger partial charge in [-0.05, 0) is 37.3 Å². The quantitative estimate of drug-likeness (QED) is 0.716. The Bertz CT molecular complexity index is 320. The second-order valence-electron chi connectivity index (χ2n) is 4.50. The number of thioether (sulfide) groups is 1. The van der Waals surface area contributed by atoms with Crippen molar-refractivity contribution in [1.29, 1.82) is 0 Å². The Morgan fingerprint density at radius 3 is 2.35 bits per heavy atom. The third-order valence-corrected chi connectivity index (χ3v) is 4.40. The normalized spacial score (nSPS) is 13.0. The molecule has 96 valence electrons. The van der Waals surface area contributed by atoms with E-state index in [1.165, 1.54) is 29.7 Å². The summed E-state index contributed by atoms with van der Waals surface area (Å²) in [4.78, 5) is 1.40. The van der Waals surface area contributed by atoms with Crippen molar-refractivity contribution in [2.45, 2.75) is 44.0 Å². The average Bonchev–Trinajstić information content (AvgIpc) is 2.40. The summed E-state index contributed by atoms with van der Waals surface area (Å²) in [6.07, 6.45) is 5.94. The van der Waals surface area contributed by atoms with Crippen molar-refractivity contribution in [3.63, 3.8) is 0 Å². The molecule has 1 nitrogen and oxygen atoms in total. The van der Waals surface area contributed by atoms with Gasteiger partial charge in [-0.3, -0.25) is 0 Å². The molecule has 0 aliphatic rings. The highest BCUT2D eigenvalue weighted by atomic mass is 32.2. The van der Waals surface area contributed by atoms with Gasteiger partial charge in [-0.2, -0.15) is 0 Å². The Kier molecular flexibility index (Phi) is 6.68. The first-order valence-corrected chi connectivity index (χ1v) is 7.79. The zero-order chi connectivity index (χ0) is 12.7. The lowest BCUT2D eigenvalue weighted by Crippen LogP contribution is -2.20. The molecule has 1 unspecified atom stereocenters. The van der Waals surface area contributed by atoms with Crippen molar-refractivity contribution >= 4 is 11.8 Å². The van der Waals surface area contributed by atoms with Crippen LogP contribution in [-0.2, 0) is 0 Å². The molecule has 0 aliphatic carbocycles. The molecule has 0 saturated carbocycles. The van der Waals surface area contributed by atoms with E-state index in [0.29, 0.717) is 6.04 Å². The van der Waals surface area contributed by atoms with Gasteiger partial charge in [-0.15, -0.1) is 11.8 Å². The number of benzene rings is 1. The molecule has 2 heteroatoms. The van der Waals surface area contributed by atoms with Gasteiger partial charge in [-0.25, -0.2) is 0 Å². The van der Waals surface area contributed by atoms with E-state index in [1.807, 2.05) is 11.8 Å². The Hall–Kier alpha value is -0.470. The van der Waals surface area contributed by atoms with E-state index in [4.69, 9.17) is 0 Å². The number of hydrogen-bond donors (Lipinski definition) is 1. The van der Waals surface area contributed by atoms with Gasteiger partial charge in [0.1, 0.15) is 0 Å². The minimum atomic E-state index is 0.489. The monoisotopic (exact) mass is 251 g/mol. The van der Waals surface area contributed by atoms with Crippen LogP contribution in [0.3, 0.4) is 0 Å². The maximum atomic E-state index is 3.48. The van der Waals surface area contributed by atoms with E-state index in [1.54, 1.807) is 0 Å². The predicted octanol–water partition coefficient (Wildman–Crippen LogP) is 4.50. The van der Waals surface area contributed by atoms with Gasteiger partial charge < -0.3 is 5.32 Å². The summed E-state index contributed by atoms with van der Waals surface area (Å²) in [5.41, 5.74) is 1.45. The van der Waals surface area contributed by atoms with E-state index in [2.05, 4.69) is 56.7 Å². The van der Waals surface area contributed by atoms with E-state index in [9.17, 15) is 0 Å². The maximum absolute atomic E-state index is 3.48. The van der Waals surface area contributed by atoms with Gasteiger partial charge in [0.25, 0.3) is 0 Å². The van der Waals surface area contributed by atoms with Crippen LogP contribution in [0.2, 0.25) is 0 Å². The molecule has 0 radical (unpaired) electrons. The van der Waals surface area contributed by atoms with Crippen LogP contribution < -0.4 is 5.32 Å². The van der Waals surface area contributed by atoms with Gasteiger partial charge in [0.15, 0.2) is 0 Å². The summed E-state index contributed by atoms with van der Waals surface area (Å²) in [5.74, 6) is 0.822. The highest BCUT2D eigenvalue weighted by Gasteiger charge is 2.16. The summed E-state index contributed by atoms with van der Waals surface area (Å²) < 4.78 is 0. The summed E-state index contributed by atoms with van der Waals surface area (Å²) in [6, 6.07) is 9.24. The van der Waals surface area contributed by atoms with Crippen LogP contribution in [0, 0.1) is 5.92 Å². The Morgan fingerprint density at radius 1 is 1.18 bits per heavy atom. The van der Waals surface area contributed by atoms with Crippen LogP contribution in [-0.4, -0.2) is 13.3 Å². The van der Waals surface area contributed by atoms with Gasteiger partial charge in [0.2, 0.25) is 0 Å². The van der Waals surface area contributed by atoms with Crippen LogP contribution in [0.1, 0.15) is 44.7 Å². The minimum Gasteiger partial charge on any atom is -0.313 e. The molecule has 1 rings (SSSR count). The van der Waals surface area contributed by atoms with Gasteiger partial charge in [-0.1, -0.05) is 44.9 Å².